The van der Waals surface area contributed by atoms with Crippen molar-refractivity contribution in [3.63, 3.8) is 0 Å². The first-order chi connectivity index (χ1) is 13.0. The van der Waals surface area contributed by atoms with E-state index in [1.54, 1.807) is 0 Å². The zero-order valence-corrected chi connectivity index (χ0v) is 16.8. The van der Waals surface area contributed by atoms with Gasteiger partial charge in [0.15, 0.2) is 0 Å². The fraction of sp³-hybridized carbons (Fsp3) is 0.381. The third kappa shape index (κ3) is 4.61. The number of anilines is 2. The van der Waals surface area contributed by atoms with Crippen LogP contribution in [0.25, 0.3) is 0 Å². The maximum absolute atomic E-state index is 12.4. The van der Waals surface area contributed by atoms with Gasteiger partial charge in [-0.1, -0.05) is 11.8 Å². The molecule has 1 saturated heterocycles. The average Bonchev–Trinajstić information content (AvgIpc) is 3.16. The SMILES string of the molecule is Cc1cc(C)c(C#N)c(SCC(=O)Nc2ccc(N3CCCC3)cc2C)n1. The topological polar surface area (TPSA) is 69.0 Å². The van der Waals surface area contributed by atoms with Gasteiger partial charge in [0.25, 0.3) is 0 Å². The Labute approximate surface area is 164 Å². The van der Waals surface area contributed by atoms with Gasteiger partial charge in [0.05, 0.1) is 11.3 Å². The summed E-state index contributed by atoms with van der Waals surface area (Å²) in [6.07, 6.45) is 2.48. The van der Waals surface area contributed by atoms with Crippen molar-refractivity contribution in [2.24, 2.45) is 0 Å². The quantitative estimate of drug-likeness (QED) is 0.787. The Morgan fingerprint density at radius 1 is 1.22 bits per heavy atom. The lowest BCUT2D eigenvalue weighted by Crippen LogP contribution is -2.18. The van der Waals surface area contributed by atoms with Gasteiger partial charge in [-0.2, -0.15) is 5.26 Å². The number of nitriles is 1. The molecule has 1 aliphatic rings. The van der Waals surface area contributed by atoms with Crippen molar-refractivity contribution < 1.29 is 4.79 Å². The molecule has 0 saturated carbocycles. The second kappa shape index (κ2) is 8.45. The minimum Gasteiger partial charge on any atom is -0.372 e. The first-order valence-electron chi connectivity index (χ1n) is 9.14. The van der Waals surface area contributed by atoms with E-state index in [9.17, 15) is 10.1 Å². The van der Waals surface area contributed by atoms with Gasteiger partial charge in [0, 0.05) is 30.2 Å². The number of nitrogens with zero attached hydrogens (tertiary/aromatic N) is 3. The van der Waals surface area contributed by atoms with E-state index in [4.69, 9.17) is 0 Å². The summed E-state index contributed by atoms with van der Waals surface area (Å²) in [5, 5.41) is 12.9. The first kappa shape index (κ1) is 19.2. The summed E-state index contributed by atoms with van der Waals surface area (Å²) in [5.74, 6) is 0.125. The lowest BCUT2D eigenvalue weighted by Gasteiger charge is -2.19. The number of hydrogen-bond acceptors (Lipinski definition) is 5. The third-order valence-corrected chi connectivity index (χ3v) is 5.69. The van der Waals surface area contributed by atoms with Crippen molar-refractivity contribution >= 4 is 29.0 Å². The van der Waals surface area contributed by atoms with E-state index in [1.807, 2.05) is 32.9 Å². The Morgan fingerprint density at radius 3 is 2.63 bits per heavy atom. The molecule has 0 radical (unpaired) electrons. The van der Waals surface area contributed by atoms with Crippen LogP contribution in [-0.2, 0) is 4.79 Å². The van der Waals surface area contributed by atoms with Crippen LogP contribution < -0.4 is 10.2 Å². The van der Waals surface area contributed by atoms with Crippen LogP contribution in [0, 0.1) is 32.1 Å². The number of benzene rings is 1. The number of nitrogens with one attached hydrogen (secondary N) is 1. The summed E-state index contributed by atoms with van der Waals surface area (Å²) in [7, 11) is 0. The maximum Gasteiger partial charge on any atom is 0.234 e. The zero-order valence-electron chi connectivity index (χ0n) is 16.0. The minimum absolute atomic E-state index is 0.0955. The van der Waals surface area contributed by atoms with Gasteiger partial charge in [0.1, 0.15) is 11.1 Å². The highest BCUT2D eigenvalue weighted by Gasteiger charge is 2.15. The van der Waals surface area contributed by atoms with E-state index < -0.39 is 0 Å². The van der Waals surface area contributed by atoms with Gasteiger partial charge in [0.2, 0.25) is 5.91 Å². The smallest absolute Gasteiger partial charge is 0.234 e. The van der Waals surface area contributed by atoms with Crippen molar-refractivity contribution in [1.29, 1.82) is 5.26 Å². The van der Waals surface area contributed by atoms with Gasteiger partial charge in [-0.15, -0.1) is 0 Å². The molecule has 0 unspecified atom stereocenters. The van der Waals surface area contributed by atoms with Crippen LogP contribution in [0.4, 0.5) is 11.4 Å². The van der Waals surface area contributed by atoms with Crippen molar-refractivity contribution in [3.05, 3.63) is 46.6 Å². The Bertz CT molecular complexity index is 898. The molecule has 2 heterocycles. The first-order valence-corrected chi connectivity index (χ1v) is 10.1. The van der Waals surface area contributed by atoms with E-state index in [0.29, 0.717) is 10.6 Å². The normalized spacial score (nSPS) is 13.5. The molecule has 5 nitrogen and oxygen atoms in total. The molecular formula is C21H24N4OS. The van der Waals surface area contributed by atoms with Crippen molar-refractivity contribution in [2.75, 3.05) is 29.1 Å². The summed E-state index contributed by atoms with van der Waals surface area (Å²) >= 11 is 1.30. The van der Waals surface area contributed by atoms with Crippen LogP contribution >= 0.6 is 11.8 Å². The summed E-state index contributed by atoms with van der Waals surface area (Å²) in [6, 6.07) is 10.2. The van der Waals surface area contributed by atoms with E-state index in [-0.39, 0.29) is 11.7 Å². The van der Waals surface area contributed by atoms with Gasteiger partial charge in [-0.05, 0) is 69.0 Å². The van der Waals surface area contributed by atoms with Crippen LogP contribution in [0.5, 0.6) is 0 Å². The molecular weight excluding hydrogens is 356 g/mol. The standard InChI is InChI=1S/C21H24N4OS/c1-14-10-16(3)23-21(18(14)12-22)27-13-20(26)24-19-7-6-17(11-15(19)2)25-8-4-5-9-25/h6-7,10-11H,4-5,8-9,13H2,1-3H3,(H,24,26). The molecule has 6 heteroatoms. The van der Waals surface area contributed by atoms with Gasteiger partial charge < -0.3 is 10.2 Å². The fourth-order valence-corrected chi connectivity index (χ4v) is 4.22. The predicted octanol–water partition coefficient (Wildman–Crippen LogP) is 4.21. The number of carbonyl (C=O) groups is 1. The maximum atomic E-state index is 12.4. The summed E-state index contributed by atoms with van der Waals surface area (Å²) in [5.41, 5.74) is 5.39. The number of thioether (sulfide) groups is 1. The molecule has 0 bridgehead atoms. The van der Waals surface area contributed by atoms with Crippen molar-refractivity contribution in [1.82, 2.24) is 4.98 Å². The third-order valence-electron chi connectivity index (χ3n) is 4.72. The molecule has 1 aliphatic heterocycles. The second-order valence-corrected chi connectivity index (χ2v) is 7.87. The van der Waals surface area contributed by atoms with Gasteiger partial charge in [-0.3, -0.25) is 4.79 Å². The zero-order chi connectivity index (χ0) is 19.4. The van der Waals surface area contributed by atoms with Crippen LogP contribution in [0.2, 0.25) is 0 Å². The molecule has 0 aliphatic carbocycles. The number of rotatable bonds is 5. The highest BCUT2D eigenvalue weighted by Crippen LogP contribution is 2.27. The van der Waals surface area contributed by atoms with Gasteiger partial charge >= 0.3 is 0 Å². The molecule has 1 amide bonds. The molecule has 1 N–H and O–H groups in total. The lowest BCUT2D eigenvalue weighted by molar-refractivity contribution is -0.113. The minimum atomic E-state index is -0.0955. The molecule has 1 fully saturated rings. The predicted molar refractivity (Wildman–Crippen MR) is 110 cm³/mol. The monoisotopic (exact) mass is 380 g/mol. The Morgan fingerprint density at radius 2 is 1.96 bits per heavy atom. The summed E-state index contributed by atoms with van der Waals surface area (Å²) in [6.45, 7) is 8.01. The Kier molecular flexibility index (Phi) is 6.02. The average molecular weight is 381 g/mol. The van der Waals surface area contributed by atoms with Crippen LogP contribution in [-0.4, -0.2) is 29.7 Å². The molecule has 1 aromatic heterocycles. The van der Waals surface area contributed by atoms with E-state index in [0.717, 1.165) is 35.6 Å². The molecule has 0 spiro atoms. The summed E-state index contributed by atoms with van der Waals surface area (Å²) < 4.78 is 0. The second-order valence-electron chi connectivity index (χ2n) is 6.90. The van der Waals surface area contributed by atoms with Crippen molar-refractivity contribution in [2.45, 2.75) is 38.6 Å². The highest BCUT2D eigenvalue weighted by atomic mass is 32.2. The number of carbonyl (C=O) groups excluding carboxylic acids is 1. The number of hydrogen-bond donors (Lipinski definition) is 1. The largest absolute Gasteiger partial charge is 0.372 e. The number of pyridine rings is 1. The van der Waals surface area contributed by atoms with Crippen molar-refractivity contribution in [3.8, 4) is 6.07 Å². The van der Waals surface area contributed by atoms with Gasteiger partial charge in [-0.25, -0.2) is 4.98 Å². The Hall–Kier alpha value is -2.52. The van der Waals surface area contributed by atoms with E-state index >= 15 is 0 Å². The number of aryl methyl sites for hydroxylation is 3. The van der Waals surface area contributed by atoms with Crippen LogP contribution in [0.3, 0.4) is 0 Å². The van der Waals surface area contributed by atoms with Crippen LogP contribution in [0.15, 0.2) is 29.3 Å². The van der Waals surface area contributed by atoms with E-state index in [2.05, 4.69) is 33.4 Å². The molecule has 27 heavy (non-hydrogen) atoms. The molecule has 0 atom stereocenters. The molecule has 140 valence electrons. The Balaban J connectivity index is 1.64. The molecule has 2 aromatic rings. The lowest BCUT2D eigenvalue weighted by atomic mass is 10.1. The molecule has 3 rings (SSSR count). The van der Waals surface area contributed by atoms with E-state index in [1.165, 1.54) is 30.3 Å². The number of aromatic nitrogens is 1. The summed E-state index contributed by atoms with van der Waals surface area (Å²) in [4.78, 5) is 19.2. The molecule has 1 aromatic carbocycles. The fourth-order valence-electron chi connectivity index (χ4n) is 3.32. The highest BCUT2D eigenvalue weighted by molar-refractivity contribution is 8.00. The van der Waals surface area contributed by atoms with Crippen LogP contribution in [0.1, 0.15) is 35.2 Å². The number of amides is 1.